The van der Waals surface area contributed by atoms with Crippen LogP contribution in [0.3, 0.4) is 0 Å². The van der Waals surface area contributed by atoms with Gasteiger partial charge in [-0.05, 0) is 104 Å². The van der Waals surface area contributed by atoms with Crippen molar-refractivity contribution in [2.75, 3.05) is 7.11 Å². The molecular weight excluding hydrogens is 460 g/mol. The number of carbonyl (C=O) groups excluding carboxylic acids is 2. The molecule has 0 aromatic carbocycles. The summed E-state index contributed by atoms with van der Waals surface area (Å²) >= 11 is 0. The lowest BCUT2D eigenvalue weighted by Crippen LogP contribution is -2.59. The molecule has 4 aliphatic rings. The molecule has 0 amide bonds. The molecule has 7 heteroatoms. The van der Waals surface area contributed by atoms with Gasteiger partial charge in [-0.1, -0.05) is 20.8 Å². The molecule has 4 fully saturated rings. The zero-order valence-electron chi connectivity index (χ0n) is 22.5. The third-order valence-corrected chi connectivity index (χ3v) is 11.4. The third-order valence-electron chi connectivity index (χ3n) is 11.4. The van der Waals surface area contributed by atoms with E-state index < -0.39 is 11.9 Å². The van der Waals surface area contributed by atoms with Crippen LogP contribution in [0, 0.1) is 46.3 Å². The minimum atomic E-state index is -0.976. The molecule has 0 spiro atoms. The topological polar surface area (TPSA) is 110 Å². The second kappa shape index (κ2) is 10.6. The zero-order valence-corrected chi connectivity index (χ0v) is 22.5. The summed E-state index contributed by atoms with van der Waals surface area (Å²) in [7, 11) is 1.44. The number of esters is 2. The quantitative estimate of drug-likeness (QED) is 0.447. The Balaban J connectivity index is 1.42. The van der Waals surface area contributed by atoms with Crippen molar-refractivity contribution in [1.29, 1.82) is 0 Å². The van der Waals surface area contributed by atoms with E-state index in [0.29, 0.717) is 41.9 Å². The van der Waals surface area contributed by atoms with Crippen molar-refractivity contribution in [1.82, 2.24) is 0 Å². The molecule has 0 aromatic heterocycles. The van der Waals surface area contributed by atoms with Crippen LogP contribution in [-0.4, -0.2) is 47.4 Å². The van der Waals surface area contributed by atoms with E-state index in [0.717, 1.165) is 51.4 Å². The van der Waals surface area contributed by atoms with Gasteiger partial charge in [0.05, 0.1) is 26.1 Å². The Hall–Kier alpha value is -1.63. The fourth-order valence-electron chi connectivity index (χ4n) is 9.35. The number of rotatable bonds is 8. The minimum absolute atomic E-state index is 0.0653. The molecular formula is C29H46O7. The summed E-state index contributed by atoms with van der Waals surface area (Å²) < 4.78 is 10.5. The van der Waals surface area contributed by atoms with Gasteiger partial charge >= 0.3 is 17.9 Å². The lowest BCUT2D eigenvalue weighted by Gasteiger charge is -2.62. The molecule has 2 N–H and O–H groups in total. The van der Waals surface area contributed by atoms with Gasteiger partial charge < -0.3 is 19.7 Å². The minimum Gasteiger partial charge on any atom is -0.481 e. The van der Waals surface area contributed by atoms with Crippen molar-refractivity contribution in [3.8, 4) is 0 Å². The zero-order chi connectivity index (χ0) is 26.3. The van der Waals surface area contributed by atoms with Crippen molar-refractivity contribution in [2.45, 2.75) is 110 Å². The first-order chi connectivity index (χ1) is 17.0. The highest BCUT2D eigenvalue weighted by Crippen LogP contribution is 2.68. The number of methoxy groups -OCH3 is 1. The number of fused-ring (bicyclic) bond motifs is 5. The van der Waals surface area contributed by atoms with E-state index in [-0.39, 0.29) is 41.8 Å². The number of hydrogen-bond donors (Lipinski definition) is 2. The Morgan fingerprint density at radius 1 is 0.944 bits per heavy atom. The van der Waals surface area contributed by atoms with E-state index in [1.165, 1.54) is 13.5 Å². The van der Waals surface area contributed by atoms with Crippen LogP contribution in [0.5, 0.6) is 0 Å². The SMILES string of the molecule is COC(=O)CC[C@@H](C)[C@H]1CC[C@H]2[C@@H]3CC[C@H]4C[C@H](OC(=O)CCC(=O)O)CC[C@]4(C)[C@H]3C[C@H](O)[C@]12C. The van der Waals surface area contributed by atoms with Crippen LogP contribution in [0.2, 0.25) is 0 Å². The van der Waals surface area contributed by atoms with Gasteiger partial charge in [-0.25, -0.2) is 0 Å². The van der Waals surface area contributed by atoms with E-state index in [1.54, 1.807) is 0 Å². The molecule has 0 aromatic rings. The molecule has 4 rings (SSSR count). The number of aliphatic hydroxyl groups excluding tert-OH is 1. The first-order valence-corrected chi connectivity index (χ1v) is 14.2. The highest BCUT2D eigenvalue weighted by Gasteiger charge is 2.63. The van der Waals surface area contributed by atoms with Gasteiger partial charge in [0.1, 0.15) is 6.10 Å². The summed E-state index contributed by atoms with van der Waals surface area (Å²) in [6.07, 6.45) is 8.64. The van der Waals surface area contributed by atoms with Crippen LogP contribution >= 0.6 is 0 Å². The first kappa shape index (κ1) is 27.4. The van der Waals surface area contributed by atoms with Crippen molar-refractivity contribution in [2.24, 2.45) is 46.3 Å². The predicted molar refractivity (Wildman–Crippen MR) is 134 cm³/mol. The normalized spacial score (nSPS) is 42.4. The van der Waals surface area contributed by atoms with Crippen LogP contribution in [0.15, 0.2) is 0 Å². The summed E-state index contributed by atoms with van der Waals surface area (Å²) in [4.78, 5) is 34.6. The van der Waals surface area contributed by atoms with Gasteiger partial charge in [-0.15, -0.1) is 0 Å². The summed E-state index contributed by atoms with van der Waals surface area (Å²) in [5.41, 5.74) is 0.0422. The Kier molecular flexibility index (Phi) is 8.09. The summed E-state index contributed by atoms with van der Waals surface area (Å²) in [6, 6.07) is 0. The number of ether oxygens (including phenoxy) is 2. The van der Waals surface area contributed by atoms with Crippen LogP contribution in [0.25, 0.3) is 0 Å². The summed E-state index contributed by atoms with van der Waals surface area (Å²) in [5, 5.41) is 20.5. The van der Waals surface area contributed by atoms with E-state index in [4.69, 9.17) is 14.6 Å². The van der Waals surface area contributed by atoms with Crippen molar-refractivity contribution in [3.05, 3.63) is 0 Å². The van der Waals surface area contributed by atoms with Crippen LogP contribution in [0.4, 0.5) is 0 Å². The largest absolute Gasteiger partial charge is 0.481 e. The number of carboxylic acids is 1. The molecule has 0 heterocycles. The number of aliphatic carboxylic acids is 1. The Morgan fingerprint density at radius 2 is 1.69 bits per heavy atom. The van der Waals surface area contributed by atoms with Crippen LogP contribution in [0.1, 0.15) is 97.8 Å². The molecule has 4 aliphatic carbocycles. The van der Waals surface area contributed by atoms with Gasteiger partial charge in [0.15, 0.2) is 0 Å². The monoisotopic (exact) mass is 506 g/mol. The van der Waals surface area contributed by atoms with E-state index in [9.17, 15) is 19.5 Å². The smallest absolute Gasteiger partial charge is 0.306 e. The van der Waals surface area contributed by atoms with Gasteiger partial charge in [0, 0.05) is 6.42 Å². The Bertz CT molecular complexity index is 841. The van der Waals surface area contributed by atoms with Gasteiger partial charge in [-0.3, -0.25) is 14.4 Å². The number of carboxylic acid groups (broad SMARTS) is 1. The lowest BCUT2D eigenvalue weighted by molar-refractivity contribution is -0.182. The van der Waals surface area contributed by atoms with Gasteiger partial charge in [0.2, 0.25) is 0 Å². The molecule has 7 nitrogen and oxygen atoms in total. The molecule has 0 unspecified atom stereocenters. The maximum Gasteiger partial charge on any atom is 0.306 e. The second-order valence-electron chi connectivity index (χ2n) is 12.8. The van der Waals surface area contributed by atoms with Gasteiger partial charge in [0.25, 0.3) is 0 Å². The molecule has 4 saturated carbocycles. The van der Waals surface area contributed by atoms with Crippen molar-refractivity contribution in [3.63, 3.8) is 0 Å². The highest BCUT2D eigenvalue weighted by molar-refractivity contribution is 5.76. The van der Waals surface area contributed by atoms with Crippen LogP contribution < -0.4 is 0 Å². The predicted octanol–water partition coefficient (Wildman–Crippen LogP) is 4.98. The first-order valence-electron chi connectivity index (χ1n) is 14.2. The molecule has 36 heavy (non-hydrogen) atoms. The fraction of sp³-hybridized carbons (Fsp3) is 0.897. The average Bonchev–Trinajstić information content (AvgIpc) is 3.20. The standard InChI is InChI=1S/C29H46O7/c1-17(5-11-26(33)35-4)21-8-9-22-20-7-6-18-15-19(36-27(34)12-10-25(31)32)13-14-28(18,2)23(20)16-24(30)29(21,22)3/h17-24,30H,5-16H2,1-4H3,(H,31,32)/t17-,18+,19-,20+,21-,22+,23+,24+,28+,29-/m1/s1. The highest BCUT2D eigenvalue weighted by atomic mass is 16.5. The average molecular weight is 507 g/mol. The molecule has 0 aliphatic heterocycles. The lowest BCUT2D eigenvalue weighted by atomic mass is 9.43. The molecule has 0 saturated heterocycles. The molecule has 10 atom stereocenters. The van der Waals surface area contributed by atoms with Gasteiger partial charge in [-0.2, -0.15) is 0 Å². The number of aliphatic hydroxyl groups is 1. The Labute approximate surface area is 215 Å². The Morgan fingerprint density at radius 3 is 2.39 bits per heavy atom. The summed E-state index contributed by atoms with van der Waals surface area (Å²) in [5.74, 6) is 1.36. The van der Waals surface area contributed by atoms with Crippen LogP contribution in [-0.2, 0) is 23.9 Å². The third kappa shape index (κ3) is 4.93. The maximum absolute atomic E-state index is 12.1. The number of hydrogen-bond acceptors (Lipinski definition) is 6. The molecule has 0 bridgehead atoms. The fourth-order valence-corrected chi connectivity index (χ4v) is 9.35. The second-order valence-corrected chi connectivity index (χ2v) is 12.8. The van der Waals surface area contributed by atoms with Crippen molar-refractivity contribution >= 4 is 17.9 Å². The van der Waals surface area contributed by atoms with E-state index in [2.05, 4.69) is 20.8 Å². The molecule has 204 valence electrons. The summed E-state index contributed by atoms with van der Waals surface area (Å²) in [6.45, 7) is 6.99. The number of carbonyl (C=O) groups is 3. The maximum atomic E-state index is 12.1. The molecule has 0 radical (unpaired) electrons. The van der Waals surface area contributed by atoms with E-state index >= 15 is 0 Å². The van der Waals surface area contributed by atoms with E-state index in [1.807, 2.05) is 0 Å². The van der Waals surface area contributed by atoms with Crippen molar-refractivity contribution < 1.29 is 34.1 Å².